The second kappa shape index (κ2) is 8.25. The van der Waals surface area contributed by atoms with Crippen LogP contribution in [0.25, 0.3) is 0 Å². The monoisotopic (exact) mass is 292 g/mol. The Hall–Kier alpha value is -1.26. The minimum atomic E-state index is 0.261. The van der Waals surface area contributed by atoms with Crippen molar-refractivity contribution in [3.63, 3.8) is 0 Å². The molecule has 1 aromatic carbocycles. The smallest absolute Gasteiger partial charge is 0.162 e. The lowest BCUT2D eigenvalue weighted by molar-refractivity contribution is 0.208. The number of para-hydroxylation sites is 1. The van der Waals surface area contributed by atoms with Crippen LogP contribution >= 0.6 is 0 Å². The fraction of sp³-hybridized carbons (Fsp3) is 0.647. The summed E-state index contributed by atoms with van der Waals surface area (Å²) in [5.74, 6) is 0.831. The fourth-order valence-corrected chi connectivity index (χ4v) is 2.86. The van der Waals surface area contributed by atoms with Gasteiger partial charge < -0.3 is 20.1 Å². The number of phenols is 1. The lowest BCUT2D eigenvalue weighted by Crippen LogP contribution is -2.41. The third kappa shape index (κ3) is 4.90. The molecule has 118 valence electrons. The summed E-state index contributed by atoms with van der Waals surface area (Å²) in [6.07, 6.45) is 4.02. The van der Waals surface area contributed by atoms with E-state index in [-0.39, 0.29) is 5.75 Å². The Bertz CT molecular complexity index is 431. The summed E-state index contributed by atoms with van der Waals surface area (Å²) in [5.41, 5.74) is 0.895. The van der Waals surface area contributed by atoms with Gasteiger partial charge in [0.2, 0.25) is 0 Å². The summed E-state index contributed by atoms with van der Waals surface area (Å²) < 4.78 is 5.42. The second-order valence-electron chi connectivity index (χ2n) is 5.84. The van der Waals surface area contributed by atoms with Gasteiger partial charge in [0, 0.05) is 24.7 Å². The molecular weight excluding hydrogens is 264 g/mol. The Morgan fingerprint density at radius 1 is 1.29 bits per heavy atom. The van der Waals surface area contributed by atoms with E-state index < -0.39 is 0 Å². The molecule has 1 fully saturated rings. The number of phenolic OH excluding ortho intramolecular Hbond substituents is 1. The van der Waals surface area contributed by atoms with E-state index in [0.29, 0.717) is 24.9 Å². The standard InChI is InChI=1S/C17H28N2O2/c1-3-21-16-9-7-8-15(17(16)20)12-18-14(2)13-19-10-5-4-6-11-19/h7-9,14,18,20H,3-6,10-13H2,1-2H3. The predicted octanol–water partition coefficient (Wildman–Crippen LogP) is 2.75. The van der Waals surface area contributed by atoms with E-state index in [2.05, 4.69) is 17.1 Å². The molecule has 1 aliphatic heterocycles. The summed E-state index contributed by atoms with van der Waals surface area (Å²) in [4.78, 5) is 2.53. The van der Waals surface area contributed by atoms with Gasteiger partial charge in [0.05, 0.1) is 6.61 Å². The lowest BCUT2D eigenvalue weighted by atomic mass is 10.1. The average molecular weight is 292 g/mol. The minimum Gasteiger partial charge on any atom is -0.504 e. The Morgan fingerprint density at radius 2 is 2.05 bits per heavy atom. The summed E-state index contributed by atoms with van der Waals surface area (Å²) in [6.45, 7) is 8.88. The maximum atomic E-state index is 10.2. The minimum absolute atomic E-state index is 0.261. The first-order valence-corrected chi connectivity index (χ1v) is 8.10. The van der Waals surface area contributed by atoms with Crippen molar-refractivity contribution >= 4 is 0 Å². The molecule has 0 aromatic heterocycles. The number of aromatic hydroxyl groups is 1. The van der Waals surface area contributed by atoms with Crippen molar-refractivity contribution in [2.75, 3.05) is 26.2 Å². The average Bonchev–Trinajstić information content (AvgIpc) is 2.49. The molecule has 0 bridgehead atoms. The van der Waals surface area contributed by atoms with Gasteiger partial charge in [0.15, 0.2) is 11.5 Å². The summed E-state index contributed by atoms with van der Waals surface area (Å²) >= 11 is 0. The maximum Gasteiger partial charge on any atom is 0.162 e. The number of likely N-dealkylation sites (tertiary alicyclic amines) is 1. The van der Waals surface area contributed by atoms with Crippen molar-refractivity contribution in [3.05, 3.63) is 23.8 Å². The number of nitrogens with one attached hydrogen (secondary N) is 1. The number of hydrogen-bond acceptors (Lipinski definition) is 4. The van der Waals surface area contributed by atoms with Crippen LogP contribution in [0.15, 0.2) is 18.2 Å². The van der Waals surface area contributed by atoms with Gasteiger partial charge >= 0.3 is 0 Å². The van der Waals surface area contributed by atoms with Crippen LogP contribution in [-0.2, 0) is 6.54 Å². The molecule has 1 atom stereocenters. The van der Waals surface area contributed by atoms with Crippen LogP contribution < -0.4 is 10.1 Å². The first kappa shape index (κ1) is 16.1. The van der Waals surface area contributed by atoms with E-state index >= 15 is 0 Å². The molecule has 2 N–H and O–H groups in total. The van der Waals surface area contributed by atoms with Gasteiger partial charge in [-0.3, -0.25) is 0 Å². The maximum absolute atomic E-state index is 10.2. The molecule has 0 spiro atoms. The summed E-state index contributed by atoms with van der Waals surface area (Å²) in [7, 11) is 0. The molecule has 1 heterocycles. The molecular formula is C17H28N2O2. The molecule has 4 nitrogen and oxygen atoms in total. The Kier molecular flexibility index (Phi) is 6.33. The second-order valence-corrected chi connectivity index (χ2v) is 5.84. The molecule has 1 saturated heterocycles. The SMILES string of the molecule is CCOc1cccc(CNC(C)CN2CCCCC2)c1O. The molecule has 4 heteroatoms. The predicted molar refractivity (Wildman–Crippen MR) is 85.9 cm³/mol. The highest BCUT2D eigenvalue weighted by Crippen LogP contribution is 2.29. The Morgan fingerprint density at radius 3 is 2.76 bits per heavy atom. The van der Waals surface area contributed by atoms with Crippen LogP contribution in [0.3, 0.4) is 0 Å². The van der Waals surface area contributed by atoms with Crippen LogP contribution in [0.1, 0.15) is 38.7 Å². The van der Waals surface area contributed by atoms with Gasteiger partial charge in [0.25, 0.3) is 0 Å². The fourth-order valence-electron chi connectivity index (χ4n) is 2.86. The van der Waals surface area contributed by atoms with Gasteiger partial charge in [0.1, 0.15) is 0 Å². The van der Waals surface area contributed by atoms with E-state index in [1.54, 1.807) is 6.07 Å². The molecule has 0 saturated carbocycles. The van der Waals surface area contributed by atoms with E-state index in [0.717, 1.165) is 12.1 Å². The number of piperidine rings is 1. The Labute approximate surface area is 128 Å². The van der Waals surface area contributed by atoms with Crippen LogP contribution in [-0.4, -0.2) is 42.3 Å². The van der Waals surface area contributed by atoms with Crippen molar-refractivity contribution in [3.8, 4) is 11.5 Å². The molecule has 0 aliphatic carbocycles. The van der Waals surface area contributed by atoms with Crippen LogP contribution in [0.5, 0.6) is 11.5 Å². The quantitative estimate of drug-likeness (QED) is 0.811. The third-order valence-corrected chi connectivity index (χ3v) is 4.00. The summed E-state index contributed by atoms with van der Waals surface area (Å²) in [6, 6.07) is 6.09. The molecule has 2 rings (SSSR count). The molecule has 1 aliphatic rings. The highest BCUT2D eigenvalue weighted by Gasteiger charge is 2.14. The highest BCUT2D eigenvalue weighted by atomic mass is 16.5. The van der Waals surface area contributed by atoms with Gasteiger partial charge in [-0.2, -0.15) is 0 Å². The highest BCUT2D eigenvalue weighted by molar-refractivity contribution is 5.45. The van der Waals surface area contributed by atoms with Crippen LogP contribution in [0, 0.1) is 0 Å². The number of nitrogens with zero attached hydrogens (tertiary/aromatic N) is 1. The van der Waals surface area contributed by atoms with Gasteiger partial charge in [-0.25, -0.2) is 0 Å². The first-order valence-electron chi connectivity index (χ1n) is 8.10. The normalized spacial score (nSPS) is 17.6. The van der Waals surface area contributed by atoms with Crippen molar-refractivity contribution in [1.29, 1.82) is 0 Å². The zero-order valence-corrected chi connectivity index (χ0v) is 13.3. The van der Waals surface area contributed by atoms with Gasteiger partial charge in [-0.15, -0.1) is 0 Å². The van der Waals surface area contributed by atoms with E-state index in [1.165, 1.54) is 32.4 Å². The topological polar surface area (TPSA) is 44.7 Å². The molecule has 0 radical (unpaired) electrons. The molecule has 21 heavy (non-hydrogen) atoms. The van der Waals surface area contributed by atoms with Crippen molar-refractivity contribution in [2.24, 2.45) is 0 Å². The number of rotatable bonds is 7. The Balaban J connectivity index is 1.83. The van der Waals surface area contributed by atoms with Gasteiger partial charge in [-0.1, -0.05) is 18.6 Å². The van der Waals surface area contributed by atoms with Crippen molar-refractivity contribution in [1.82, 2.24) is 10.2 Å². The summed E-state index contributed by atoms with van der Waals surface area (Å²) in [5, 5.41) is 13.7. The molecule has 0 amide bonds. The zero-order chi connectivity index (χ0) is 15.1. The zero-order valence-electron chi connectivity index (χ0n) is 13.3. The van der Waals surface area contributed by atoms with Gasteiger partial charge in [-0.05, 0) is 45.8 Å². The van der Waals surface area contributed by atoms with E-state index in [9.17, 15) is 5.11 Å². The first-order chi connectivity index (χ1) is 10.2. The van der Waals surface area contributed by atoms with Crippen LogP contribution in [0.4, 0.5) is 0 Å². The van der Waals surface area contributed by atoms with Crippen molar-refractivity contribution < 1.29 is 9.84 Å². The molecule has 1 unspecified atom stereocenters. The van der Waals surface area contributed by atoms with E-state index in [1.807, 2.05) is 19.1 Å². The van der Waals surface area contributed by atoms with E-state index in [4.69, 9.17) is 4.74 Å². The largest absolute Gasteiger partial charge is 0.504 e. The number of benzene rings is 1. The number of ether oxygens (including phenoxy) is 1. The molecule has 1 aromatic rings. The number of hydrogen-bond donors (Lipinski definition) is 2. The lowest BCUT2D eigenvalue weighted by Gasteiger charge is -2.29. The van der Waals surface area contributed by atoms with Crippen LogP contribution in [0.2, 0.25) is 0 Å². The third-order valence-electron chi connectivity index (χ3n) is 4.00. The van der Waals surface area contributed by atoms with Crippen molar-refractivity contribution in [2.45, 2.75) is 45.7 Å².